The van der Waals surface area contributed by atoms with Gasteiger partial charge in [0.15, 0.2) is 0 Å². The first-order valence-electron chi connectivity index (χ1n) is 8.64. The molecule has 6 nitrogen and oxygen atoms in total. The van der Waals surface area contributed by atoms with Crippen LogP contribution in [0.15, 0.2) is 67.3 Å². The van der Waals surface area contributed by atoms with Crippen molar-refractivity contribution in [1.29, 1.82) is 0 Å². The Balaban J connectivity index is 1.42. The van der Waals surface area contributed by atoms with Gasteiger partial charge in [-0.05, 0) is 43.2 Å². The van der Waals surface area contributed by atoms with E-state index in [1.807, 2.05) is 61.5 Å². The molecule has 0 saturated carbocycles. The van der Waals surface area contributed by atoms with Crippen LogP contribution in [-0.2, 0) is 4.79 Å². The maximum Gasteiger partial charge on any atom is 0.220 e. The molecular formula is C20H22N4O2. The van der Waals surface area contributed by atoms with Crippen LogP contribution in [-0.4, -0.2) is 27.3 Å². The summed E-state index contributed by atoms with van der Waals surface area (Å²) in [5, 5.41) is 7.12. The largest absolute Gasteiger partial charge is 0.494 e. The highest BCUT2D eigenvalue weighted by Crippen LogP contribution is 2.15. The Labute approximate surface area is 152 Å². The quantitative estimate of drug-likeness (QED) is 0.633. The first-order chi connectivity index (χ1) is 12.7. The van der Waals surface area contributed by atoms with Crippen LogP contribution in [0.5, 0.6) is 5.75 Å². The second-order valence-electron chi connectivity index (χ2n) is 5.99. The summed E-state index contributed by atoms with van der Waals surface area (Å²) < 4.78 is 7.30. The lowest BCUT2D eigenvalue weighted by molar-refractivity contribution is -0.121. The van der Waals surface area contributed by atoms with Gasteiger partial charge in [-0.25, -0.2) is 9.67 Å². The Morgan fingerprint density at radius 1 is 1.15 bits per heavy atom. The zero-order valence-electron chi connectivity index (χ0n) is 14.7. The minimum absolute atomic E-state index is 0.0227. The number of amides is 1. The van der Waals surface area contributed by atoms with Gasteiger partial charge in [0.25, 0.3) is 0 Å². The second-order valence-corrected chi connectivity index (χ2v) is 5.99. The van der Waals surface area contributed by atoms with E-state index in [9.17, 15) is 4.79 Å². The molecule has 3 rings (SSSR count). The smallest absolute Gasteiger partial charge is 0.220 e. The van der Waals surface area contributed by atoms with Crippen molar-refractivity contribution in [1.82, 2.24) is 20.1 Å². The van der Waals surface area contributed by atoms with Gasteiger partial charge < -0.3 is 10.1 Å². The predicted molar refractivity (Wildman–Crippen MR) is 99.1 cm³/mol. The van der Waals surface area contributed by atoms with Crippen molar-refractivity contribution in [3.05, 3.63) is 72.8 Å². The molecule has 0 aliphatic heterocycles. The number of para-hydroxylation sites is 1. The standard InChI is InChI=1S/C20H22N4O2/c1-16(17-9-11-18(12-10-17)24-15-21-14-22-24)23-20(25)8-5-13-26-19-6-3-2-4-7-19/h2-4,6-7,9-12,14-16H,5,8,13H2,1H3,(H,23,25). The van der Waals surface area contributed by atoms with Gasteiger partial charge in [-0.15, -0.1) is 0 Å². The average Bonchev–Trinajstić information content (AvgIpc) is 3.21. The van der Waals surface area contributed by atoms with Crippen LogP contribution in [0.3, 0.4) is 0 Å². The number of carbonyl (C=O) groups excluding carboxylic acids is 1. The number of hydrogen-bond acceptors (Lipinski definition) is 4. The fourth-order valence-corrected chi connectivity index (χ4v) is 2.59. The molecule has 2 aromatic carbocycles. The fourth-order valence-electron chi connectivity index (χ4n) is 2.59. The fraction of sp³-hybridized carbons (Fsp3) is 0.250. The third-order valence-corrected chi connectivity index (χ3v) is 4.01. The molecule has 1 heterocycles. The molecule has 1 atom stereocenters. The average molecular weight is 350 g/mol. The molecular weight excluding hydrogens is 328 g/mol. The van der Waals surface area contributed by atoms with Gasteiger partial charge in [0.2, 0.25) is 5.91 Å². The van der Waals surface area contributed by atoms with E-state index >= 15 is 0 Å². The topological polar surface area (TPSA) is 69.0 Å². The van der Waals surface area contributed by atoms with Crippen molar-refractivity contribution in [3.8, 4) is 11.4 Å². The van der Waals surface area contributed by atoms with Crippen LogP contribution < -0.4 is 10.1 Å². The van der Waals surface area contributed by atoms with Crippen LogP contribution in [0, 0.1) is 0 Å². The minimum Gasteiger partial charge on any atom is -0.494 e. The van der Waals surface area contributed by atoms with Gasteiger partial charge in [0.05, 0.1) is 18.3 Å². The van der Waals surface area contributed by atoms with Crippen LogP contribution >= 0.6 is 0 Å². The number of carbonyl (C=O) groups is 1. The van der Waals surface area contributed by atoms with E-state index < -0.39 is 0 Å². The first kappa shape index (κ1) is 17.7. The molecule has 1 aromatic heterocycles. The molecule has 0 aliphatic carbocycles. The Morgan fingerprint density at radius 3 is 2.62 bits per heavy atom. The number of nitrogens with zero attached hydrogens (tertiary/aromatic N) is 3. The molecule has 0 radical (unpaired) electrons. The summed E-state index contributed by atoms with van der Waals surface area (Å²) in [7, 11) is 0. The lowest BCUT2D eigenvalue weighted by Gasteiger charge is -2.15. The predicted octanol–water partition coefficient (Wildman–Crippen LogP) is 3.30. The lowest BCUT2D eigenvalue weighted by atomic mass is 10.1. The van der Waals surface area contributed by atoms with Crippen LogP contribution in [0.1, 0.15) is 31.4 Å². The molecule has 6 heteroatoms. The monoisotopic (exact) mass is 350 g/mol. The van der Waals surface area contributed by atoms with Crippen LogP contribution in [0.4, 0.5) is 0 Å². The number of hydrogen-bond donors (Lipinski definition) is 1. The van der Waals surface area contributed by atoms with E-state index in [0.717, 1.165) is 17.0 Å². The van der Waals surface area contributed by atoms with Crippen molar-refractivity contribution in [2.24, 2.45) is 0 Å². The van der Waals surface area contributed by atoms with Gasteiger partial charge in [0, 0.05) is 6.42 Å². The summed E-state index contributed by atoms with van der Waals surface area (Å²) in [5.41, 5.74) is 1.98. The molecule has 0 saturated heterocycles. The van der Waals surface area contributed by atoms with Gasteiger partial charge in [-0.2, -0.15) is 5.10 Å². The van der Waals surface area contributed by atoms with Crippen molar-refractivity contribution in [2.75, 3.05) is 6.61 Å². The zero-order chi connectivity index (χ0) is 18.2. The van der Waals surface area contributed by atoms with Crippen molar-refractivity contribution < 1.29 is 9.53 Å². The molecule has 26 heavy (non-hydrogen) atoms. The summed E-state index contributed by atoms with van der Waals surface area (Å²) in [5.74, 6) is 0.850. The highest BCUT2D eigenvalue weighted by molar-refractivity contribution is 5.76. The summed E-state index contributed by atoms with van der Waals surface area (Å²) in [4.78, 5) is 16.0. The minimum atomic E-state index is -0.0534. The molecule has 0 fully saturated rings. The number of nitrogens with one attached hydrogen (secondary N) is 1. The SMILES string of the molecule is CC(NC(=O)CCCOc1ccccc1)c1ccc(-n2cncn2)cc1. The number of ether oxygens (including phenoxy) is 1. The summed E-state index contributed by atoms with van der Waals surface area (Å²) in [6.07, 6.45) is 4.27. The molecule has 0 spiro atoms. The van der Waals surface area contributed by atoms with Gasteiger partial charge in [-0.3, -0.25) is 4.79 Å². The molecule has 3 aromatic rings. The van der Waals surface area contributed by atoms with Crippen LogP contribution in [0.25, 0.3) is 5.69 Å². The molecule has 0 aliphatic rings. The van der Waals surface area contributed by atoms with E-state index in [4.69, 9.17) is 4.74 Å². The van der Waals surface area contributed by atoms with E-state index in [1.54, 1.807) is 11.0 Å². The molecule has 0 bridgehead atoms. The Bertz CT molecular complexity index is 802. The number of aromatic nitrogens is 3. The number of benzene rings is 2. The highest BCUT2D eigenvalue weighted by atomic mass is 16.5. The van der Waals surface area contributed by atoms with Crippen molar-refractivity contribution >= 4 is 5.91 Å². The summed E-state index contributed by atoms with van der Waals surface area (Å²) in [6, 6.07) is 17.5. The third-order valence-electron chi connectivity index (χ3n) is 4.01. The van der Waals surface area contributed by atoms with Crippen molar-refractivity contribution in [3.63, 3.8) is 0 Å². The van der Waals surface area contributed by atoms with E-state index in [-0.39, 0.29) is 11.9 Å². The third kappa shape index (κ3) is 4.92. The zero-order valence-corrected chi connectivity index (χ0v) is 14.7. The maximum absolute atomic E-state index is 12.1. The van der Waals surface area contributed by atoms with Crippen molar-refractivity contribution in [2.45, 2.75) is 25.8 Å². The Kier molecular flexibility index (Phi) is 5.98. The van der Waals surface area contributed by atoms with E-state index in [0.29, 0.717) is 19.4 Å². The summed E-state index contributed by atoms with van der Waals surface area (Å²) in [6.45, 7) is 2.50. The van der Waals surface area contributed by atoms with Crippen LogP contribution in [0.2, 0.25) is 0 Å². The van der Waals surface area contributed by atoms with Gasteiger partial charge in [-0.1, -0.05) is 30.3 Å². The second kappa shape index (κ2) is 8.80. The molecule has 1 amide bonds. The Hall–Kier alpha value is -3.15. The lowest BCUT2D eigenvalue weighted by Crippen LogP contribution is -2.26. The van der Waals surface area contributed by atoms with Gasteiger partial charge >= 0.3 is 0 Å². The molecule has 134 valence electrons. The number of rotatable bonds is 8. The Morgan fingerprint density at radius 2 is 1.92 bits per heavy atom. The normalized spacial score (nSPS) is 11.7. The molecule has 1 N–H and O–H groups in total. The maximum atomic E-state index is 12.1. The van der Waals surface area contributed by atoms with E-state index in [1.165, 1.54) is 6.33 Å². The highest BCUT2D eigenvalue weighted by Gasteiger charge is 2.10. The van der Waals surface area contributed by atoms with E-state index in [2.05, 4.69) is 15.4 Å². The van der Waals surface area contributed by atoms with Gasteiger partial charge in [0.1, 0.15) is 18.4 Å². The molecule has 1 unspecified atom stereocenters. The first-order valence-corrected chi connectivity index (χ1v) is 8.64. The summed E-state index contributed by atoms with van der Waals surface area (Å²) >= 11 is 0.